The summed E-state index contributed by atoms with van der Waals surface area (Å²) in [6.07, 6.45) is 2.88. The average molecular weight is 150 g/mol. The van der Waals surface area contributed by atoms with Gasteiger partial charge < -0.3 is 5.73 Å². The van der Waals surface area contributed by atoms with Crippen LogP contribution in [0.1, 0.15) is 23.7 Å². The minimum absolute atomic E-state index is 0.584. The Morgan fingerprint density at radius 2 is 2.27 bits per heavy atom. The van der Waals surface area contributed by atoms with E-state index < -0.39 is 0 Å². The summed E-state index contributed by atoms with van der Waals surface area (Å²) in [5.74, 6) is 0. The smallest absolute Gasteiger partial charge is 0.0404 e. The van der Waals surface area contributed by atoms with Crippen LogP contribution in [0.3, 0.4) is 0 Å². The molecule has 0 radical (unpaired) electrons. The van der Waals surface area contributed by atoms with Crippen LogP contribution in [-0.2, 0) is 13.0 Å². The summed E-state index contributed by atoms with van der Waals surface area (Å²) < 4.78 is 0. The lowest BCUT2D eigenvalue weighted by Gasteiger charge is -2.03. The summed E-state index contributed by atoms with van der Waals surface area (Å²) in [5, 5.41) is 0. The molecule has 0 aliphatic rings. The molecule has 0 atom stereocenters. The van der Waals surface area contributed by atoms with Gasteiger partial charge in [-0.2, -0.15) is 0 Å². The van der Waals surface area contributed by atoms with Crippen molar-refractivity contribution in [2.75, 3.05) is 0 Å². The summed E-state index contributed by atoms with van der Waals surface area (Å²) >= 11 is 0. The minimum Gasteiger partial charge on any atom is -0.326 e. The first-order valence-electron chi connectivity index (χ1n) is 3.92. The summed E-state index contributed by atoms with van der Waals surface area (Å²) in [6, 6.07) is 2.13. The van der Waals surface area contributed by atoms with Crippen molar-refractivity contribution in [2.45, 2.75) is 26.8 Å². The predicted molar refractivity (Wildman–Crippen MR) is 46.2 cm³/mol. The lowest BCUT2D eigenvalue weighted by molar-refractivity contribution is 0.985. The van der Waals surface area contributed by atoms with Gasteiger partial charge >= 0.3 is 0 Å². The van der Waals surface area contributed by atoms with Crippen molar-refractivity contribution in [2.24, 2.45) is 5.73 Å². The predicted octanol–water partition coefficient (Wildman–Crippen LogP) is 1.41. The van der Waals surface area contributed by atoms with Gasteiger partial charge in [0, 0.05) is 18.4 Å². The summed E-state index contributed by atoms with van der Waals surface area (Å²) in [6.45, 7) is 4.74. The van der Waals surface area contributed by atoms with Gasteiger partial charge in [0.15, 0.2) is 0 Å². The van der Waals surface area contributed by atoms with Crippen LogP contribution in [0.2, 0.25) is 0 Å². The monoisotopic (exact) mass is 150 g/mol. The van der Waals surface area contributed by atoms with Crippen LogP contribution in [0.4, 0.5) is 0 Å². The van der Waals surface area contributed by atoms with E-state index in [4.69, 9.17) is 5.73 Å². The molecule has 2 heteroatoms. The summed E-state index contributed by atoms with van der Waals surface area (Å²) in [4.78, 5) is 4.24. The highest BCUT2D eigenvalue weighted by Crippen LogP contribution is 2.07. The number of nitrogens with two attached hydrogens (primary N) is 1. The Morgan fingerprint density at radius 3 is 2.82 bits per heavy atom. The van der Waals surface area contributed by atoms with E-state index in [-0.39, 0.29) is 0 Å². The van der Waals surface area contributed by atoms with E-state index in [1.165, 1.54) is 5.56 Å². The first-order chi connectivity index (χ1) is 5.27. The molecule has 0 saturated carbocycles. The number of nitrogens with zero attached hydrogens (tertiary/aromatic N) is 1. The van der Waals surface area contributed by atoms with Gasteiger partial charge in [-0.05, 0) is 24.5 Å². The zero-order chi connectivity index (χ0) is 8.27. The van der Waals surface area contributed by atoms with Gasteiger partial charge in [-0.15, -0.1) is 0 Å². The molecule has 0 fully saturated rings. The van der Waals surface area contributed by atoms with Gasteiger partial charge in [-0.1, -0.05) is 13.0 Å². The average Bonchev–Trinajstić information content (AvgIpc) is 2.05. The zero-order valence-electron chi connectivity index (χ0n) is 7.09. The topological polar surface area (TPSA) is 38.9 Å². The van der Waals surface area contributed by atoms with Crippen LogP contribution < -0.4 is 5.73 Å². The molecule has 11 heavy (non-hydrogen) atoms. The first kappa shape index (κ1) is 8.21. The third-order valence-corrected chi connectivity index (χ3v) is 1.86. The van der Waals surface area contributed by atoms with Crippen molar-refractivity contribution in [3.63, 3.8) is 0 Å². The van der Waals surface area contributed by atoms with Crippen molar-refractivity contribution in [1.82, 2.24) is 4.98 Å². The molecular formula is C9H14N2. The van der Waals surface area contributed by atoms with E-state index in [0.717, 1.165) is 17.7 Å². The second-order valence-electron chi connectivity index (χ2n) is 2.65. The van der Waals surface area contributed by atoms with Gasteiger partial charge in [-0.25, -0.2) is 0 Å². The number of rotatable bonds is 2. The van der Waals surface area contributed by atoms with Crippen LogP contribution >= 0.6 is 0 Å². The van der Waals surface area contributed by atoms with E-state index in [9.17, 15) is 0 Å². The van der Waals surface area contributed by atoms with E-state index in [0.29, 0.717) is 6.54 Å². The fourth-order valence-electron chi connectivity index (χ4n) is 1.10. The lowest BCUT2D eigenvalue weighted by atomic mass is 10.1. The van der Waals surface area contributed by atoms with Crippen LogP contribution in [0.15, 0.2) is 12.3 Å². The van der Waals surface area contributed by atoms with Crippen molar-refractivity contribution in [3.05, 3.63) is 29.1 Å². The molecule has 0 saturated heterocycles. The van der Waals surface area contributed by atoms with Crippen LogP contribution in [0.25, 0.3) is 0 Å². The maximum Gasteiger partial charge on any atom is 0.0404 e. The van der Waals surface area contributed by atoms with Gasteiger partial charge in [0.2, 0.25) is 0 Å². The molecule has 0 unspecified atom stereocenters. The van der Waals surface area contributed by atoms with E-state index in [2.05, 4.69) is 18.0 Å². The second-order valence-corrected chi connectivity index (χ2v) is 2.65. The molecule has 0 spiro atoms. The first-order valence-corrected chi connectivity index (χ1v) is 3.92. The Balaban J connectivity index is 3.02. The van der Waals surface area contributed by atoms with Gasteiger partial charge in [-0.3, -0.25) is 4.98 Å². The summed E-state index contributed by atoms with van der Waals surface area (Å²) in [5.41, 5.74) is 9.02. The highest BCUT2D eigenvalue weighted by Gasteiger charge is 1.97. The number of aromatic nitrogens is 1. The molecule has 60 valence electrons. The van der Waals surface area contributed by atoms with Gasteiger partial charge in [0.25, 0.3) is 0 Å². The molecule has 1 rings (SSSR count). The van der Waals surface area contributed by atoms with Crippen molar-refractivity contribution >= 4 is 0 Å². The fourth-order valence-corrected chi connectivity index (χ4v) is 1.10. The van der Waals surface area contributed by atoms with E-state index in [1.54, 1.807) is 0 Å². The molecule has 0 bridgehead atoms. The number of hydrogen-bond acceptors (Lipinski definition) is 2. The van der Waals surface area contributed by atoms with Crippen molar-refractivity contribution in [1.29, 1.82) is 0 Å². The molecular weight excluding hydrogens is 136 g/mol. The van der Waals surface area contributed by atoms with Gasteiger partial charge in [0.05, 0.1) is 0 Å². The number of aryl methyl sites for hydroxylation is 2. The number of pyridine rings is 1. The van der Waals surface area contributed by atoms with E-state index >= 15 is 0 Å². The molecule has 1 aromatic heterocycles. The van der Waals surface area contributed by atoms with E-state index in [1.807, 2.05) is 13.1 Å². The zero-order valence-corrected chi connectivity index (χ0v) is 7.09. The normalized spacial score (nSPS) is 10.1. The van der Waals surface area contributed by atoms with Crippen LogP contribution in [-0.4, -0.2) is 4.98 Å². The van der Waals surface area contributed by atoms with Crippen LogP contribution in [0, 0.1) is 6.92 Å². The second kappa shape index (κ2) is 3.49. The molecule has 2 N–H and O–H groups in total. The lowest BCUT2D eigenvalue weighted by Crippen LogP contribution is -2.00. The standard InChI is InChI=1S/C9H14N2/c1-3-9-4-8(5-10)6-11-7(9)2/h4,6H,3,5,10H2,1-2H3. The summed E-state index contributed by atoms with van der Waals surface area (Å²) in [7, 11) is 0. The maximum atomic E-state index is 5.48. The molecule has 0 aromatic carbocycles. The van der Waals surface area contributed by atoms with Crippen molar-refractivity contribution in [3.8, 4) is 0 Å². The maximum absolute atomic E-state index is 5.48. The Hall–Kier alpha value is -0.890. The molecule has 0 amide bonds. The molecule has 0 aliphatic heterocycles. The van der Waals surface area contributed by atoms with Gasteiger partial charge in [0.1, 0.15) is 0 Å². The molecule has 1 heterocycles. The molecule has 0 aliphatic carbocycles. The minimum atomic E-state index is 0.584. The Morgan fingerprint density at radius 1 is 1.55 bits per heavy atom. The molecule has 1 aromatic rings. The third-order valence-electron chi connectivity index (χ3n) is 1.86. The van der Waals surface area contributed by atoms with Crippen LogP contribution in [0.5, 0.6) is 0 Å². The largest absolute Gasteiger partial charge is 0.326 e. The Kier molecular flexibility index (Phi) is 2.60. The third kappa shape index (κ3) is 1.77. The fraction of sp³-hybridized carbons (Fsp3) is 0.444. The Bertz CT molecular complexity index is 243. The Labute approximate surface area is 67.5 Å². The SMILES string of the molecule is CCc1cc(CN)cnc1C. The van der Waals surface area contributed by atoms with Crippen molar-refractivity contribution < 1.29 is 0 Å². The quantitative estimate of drug-likeness (QED) is 0.692. The number of hydrogen-bond donors (Lipinski definition) is 1. The highest BCUT2D eigenvalue weighted by atomic mass is 14.7. The highest BCUT2D eigenvalue weighted by molar-refractivity contribution is 5.24. The molecule has 2 nitrogen and oxygen atoms in total.